The molecule has 4 rings (SSSR count). The van der Waals surface area contributed by atoms with Crippen molar-refractivity contribution in [3.8, 4) is 0 Å². The van der Waals surface area contributed by atoms with Gasteiger partial charge in [-0.05, 0) is 21.5 Å². The zero-order valence-electron chi connectivity index (χ0n) is 29.8. The Morgan fingerprint density at radius 3 is 0.385 bits per heavy atom. The second kappa shape index (κ2) is 65.5. The number of fused-ring (bicyclic) bond motifs is 2. The molecule has 0 atom stereocenters. The van der Waals surface area contributed by atoms with Crippen molar-refractivity contribution in [2.75, 3.05) is 0 Å². The first-order chi connectivity index (χ1) is 17.9. The Labute approximate surface area is 275 Å². The van der Waals surface area contributed by atoms with E-state index in [1.54, 1.807) is 0 Å². The molecule has 4 aromatic rings. The Morgan fingerprint density at radius 1 is 0.231 bits per heavy atom. The average molecular weight is 616 g/mol. The Hall–Kier alpha value is -1.50. The van der Waals surface area contributed by atoms with E-state index in [-0.39, 0.29) is 47.6 Å². The van der Waals surface area contributed by atoms with Gasteiger partial charge in [0.25, 0.3) is 0 Å². The summed E-state index contributed by atoms with van der Waals surface area (Å²) in [6.07, 6.45) is 0. The van der Waals surface area contributed by atoms with Gasteiger partial charge in [0.05, 0.1) is 0 Å². The second-order valence-corrected chi connectivity index (χ2v) is 4.69. The number of hydrogen-bond acceptors (Lipinski definition) is 0. The molecule has 0 saturated carbocycles. The topological polar surface area (TPSA) is 0 Å². The van der Waals surface area contributed by atoms with Gasteiger partial charge in [0, 0.05) is 32.7 Å². The van der Waals surface area contributed by atoms with Crippen LogP contribution in [0.1, 0.15) is 111 Å². The smallest absolute Gasteiger partial charge is 0 e. The third kappa shape index (κ3) is 36.5. The predicted molar refractivity (Wildman–Crippen MR) is 192 cm³/mol. The van der Waals surface area contributed by atoms with Crippen LogP contribution in [0.25, 0.3) is 21.5 Å². The van der Waals surface area contributed by atoms with Gasteiger partial charge < -0.3 is 14.9 Å². The summed E-state index contributed by atoms with van der Waals surface area (Å²) in [6, 6.07) is 33.4. The molecule has 0 aromatic heterocycles. The van der Waals surface area contributed by atoms with E-state index in [9.17, 15) is 0 Å². The van der Waals surface area contributed by atoms with Crippen LogP contribution in [0.3, 0.4) is 0 Å². The molecule has 0 aliphatic rings. The van der Waals surface area contributed by atoms with Crippen molar-refractivity contribution in [1.29, 1.82) is 0 Å². The van der Waals surface area contributed by atoms with Gasteiger partial charge in [-0.1, -0.05) is 208 Å². The largest absolute Gasteiger partial charge is 0.358 e. The molecule has 0 spiro atoms. The minimum Gasteiger partial charge on any atom is -0.358 e. The fourth-order valence-electron chi connectivity index (χ4n) is 2.27. The van der Waals surface area contributed by atoms with Crippen molar-refractivity contribution in [1.82, 2.24) is 0 Å². The molecule has 0 bridgehead atoms. The Kier molecular flexibility index (Phi) is 103. The van der Waals surface area contributed by atoms with E-state index in [0.29, 0.717) is 0 Å². The SMILES string of the molecule is CC.CC.CC.CC.CC.CC.CC.CC.[CH3-].[CH3-].[Y].c1ccc2ccccc2c1.c1ccc2ccccc2c1. The van der Waals surface area contributed by atoms with Crippen LogP contribution >= 0.6 is 0 Å². The number of rotatable bonds is 0. The molecule has 227 valence electrons. The molecule has 39 heavy (non-hydrogen) atoms. The molecule has 0 aliphatic carbocycles. The molecule has 0 nitrogen and oxygen atoms in total. The van der Waals surface area contributed by atoms with E-state index in [0.717, 1.165) is 0 Å². The fraction of sp³-hybridized carbons (Fsp3) is 0.421. The molecule has 1 radical (unpaired) electrons. The van der Waals surface area contributed by atoms with Crippen molar-refractivity contribution in [2.24, 2.45) is 0 Å². The van der Waals surface area contributed by atoms with Gasteiger partial charge in [0.15, 0.2) is 0 Å². The average Bonchev–Trinajstić information content (AvgIpc) is 3.05. The first kappa shape index (κ1) is 61.5. The van der Waals surface area contributed by atoms with Gasteiger partial charge in [-0.25, -0.2) is 0 Å². The van der Waals surface area contributed by atoms with Crippen LogP contribution in [0.15, 0.2) is 97.1 Å². The third-order valence-electron chi connectivity index (χ3n) is 3.32. The van der Waals surface area contributed by atoms with E-state index < -0.39 is 0 Å². The molecule has 0 amide bonds. The van der Waals surface area contributed by atoms with Gasteiger partial charge in [0.2, 0.25) is 0 Å². The zero-order valence-corrected chi connectivity index (χ0v) is 32.7. The number of benzene rings is 4. The van der Waals surface area contributed by atoms with Crippen molar-refractivity contribution in [3.63, 3.8) is 0 Å². The minimum absolute atomic E-state index is 0. The van der Waals surface area contributed by atoms with Crippen molar-refractivity contribution in [2.45, 2.75) is 111 Å². The quantitative estimate of drug-likeness (QED) is 0.173. The first-order valence-corrected chi connectivity index (χ1v) is 14.8. The first-order valence-electron chi connectivity index (χ1n) is 14.8. The predicted octanol–water partition coefficient (Wildman–Crippen LogP) is 14.8. The van der Waals surface area contributed by atoms with Gasteiger partial charge in [-0.3, -0.25) is 0 Å². The maximum atomic E-state index is 2.12. The van der Waals surface area contributed by atoms with E-state index >= 15 is 0 Å². The molecule has 0 fully saturated rings. The van der Waals surface area contributed by atoms with E-state index in [2.05, 4.69) is 97.1 Å². The van der Waals surface area contributed by atoms with E-state index in [4.69, 9.17) is 0 Å². The Morgan fingerprint density at radius 2 is 0.308 bits per heavy atom. The zero-order chi connectivity index (χ0) is 29.6. The Balaban J connectivity index is -0.0000000418. The number of hydrogen-bond donors (Lipinski definition) is 0. The second-order valence-electron chi connectivity index (χ2n) is 4.69. The molecule has 4 aromatic carbocycles. The molecular formula is C38H70Y-2. The van der Waals surface area contributed by atoms with Crippen LogP contribution in [0, 0.1) is 14.9 Å². The summed E-state index contributed by atoms with van der Waals surface area (Å²) in [5.74, 6) is 0. The van der Waals surface area contributed by atoms with Crippen molar-refractivity contribution < 1.29 is 32.7 Å². The maximum absolute atomic E-state index is 2.12. The third-order valence-corrected chi connectivity index (χ3v) is 3.32. The Bertz CT molecular complexity index is 620. The molecule has 0 N–H and O–H groups in total. The molecule has 0 aliphatic heterocycles. The summed E-state index contributed by atoms with van der Waals surface area (Å²) in [5.41, 5.74) is 0. The fourth-order valence-corrected chi connectivity index (χ4v) is 2.27. The molecule has 0 heterocycles. The van der Waals surface area contributed by atoms with Crippen LogP contribution in [-0.4, -0.2) is 0 Å². The monoisotopic (exact) mass is 615 g/mol. The van der Waals surface area contributed by atoms with Crippen molar-refractivity contribution in [3.05, 3.63) is 112 Å². The van der Waals surface area contributed by atoms with Gasteiger partial charge in [-0.2, -0.15) is 0 Å². The normalized spacial score (nSPS) is 6.36. The van der Waals surface area contributed by atoms with Crippen LogP contribution < -0.4 is 0 Å². The van der Waals surface area contributed by atoms with Gasteiger partial charge >= 0.3 is 0 Å². The van der Waals surface area contributed by atoms with E-state index in [1.165, 1.54) is 21.5 Å². The summed E-state index contributed by atoms with van der Waals surface area (Å²) < 4.78 is 0. The summed E-state index contributed by atoms with van der Waals surface area (Å²) in [7, 11) is 0. The summed E-state index contributed by atoms with van der Waals surface area (Å²) >= 11 is 0. The maximum Gasteiger partial charge on any atom is 0 e. The van der Waals surface area contributed by atoms with E-state index in [1.807, 2.05) is 111 Å². The van der Waals surface area contributed by atoms with Crippen molar-refractivity contribution >= 4 is 21.5 Å². The van der Waals surface area contributed by atoms with Crippen LogP contribution in [0.4, 0.5) is 0 Å². The van der Waals surface area contributed by atoms with Gasteiger partial charge in [0.1, 0.15) is 0 Å². The molecule has 0 saturated heterocycles. The van der Waals surface area contributed by atoms with Crippen LogP contribution in [-0.2, 0) is 32.7 Å². The molecule has 0 unspecified atom stereocenters. The van der Waals surface area contributed by atoms with Gasteiger partial charge in [-0.15, -0.1) is 0 Å². The minimum atomic E-state index is 0. The van der Waals surface area contributed by atoms with Crippen LogP contribution in [0.2, 0.25) is 0 Å². The molecular weight excluding hydrogens is 545 g/mol. The standard InChI is InChI=1S/2C10H8.8C2H6.2CH3.Y/c2*1-2-6-10-8-4-3-7-9(10)5-1;8*1-2;;;/h2*1-8H;8*1-2H3;2*1H3;/q;;;;;;;;;;2*-1;. The molecule has 1 heteroatoms. The summed E-state index contributed by atoms with van der Waals surface area (Å²) in [6.45, 7) is 32.0. The summed E-state index contributed by atoms with van der Waals surface area (Å²) in [5, 5.41) is 5.24. The van der Waals surface area contributed by atoms with Crippen LogP contribution in [0.5, 0.6) is 0 Å². The summed E-state index contributed by atoms with van der Waals surface area (Å²) in [4.78, 5) is 0.